The molecule has 1 amide bonds. The largest absolute Gasteiger partial charge is 0.322 e. The van der Waals surface area contributed by atoms with Crippen molar-refractivity contribution >= 4 is 23.2 Å². The molecule has 1 saturated carbocycles. The average Bonchev–Trinajstić information content (AvgIpc) is 3.07. The van der Waals surface area contributed by atoms with E-state index in [9.17, 15) is 4.79 Å². The van der Waals surface area contributed by atoms with Crippen LogP contribution in [0.15, 0.2) is 12.3 Å². The van der Waals surface area contributed by atoms with E-state index in [2.05, 4.69) is 15.6 Å². The molecule has 1 heterocycles. The van der Waals surface area contributed by atoms with Crippen molar-refractivity contribution in [2.75, 3.05) is 18.4 Å². The summed E-state index contributed by atoms with van der Waals surface area (Å²) in [4.78, 5) is 15.6. The molecule has 1 fully saturated rings. The first-order valence-electron chi connectivity index (χ1n) is 5.78. The van der Waals surface area contributed by atoms with Crippen LogP contribution < -0.4 is 10.6 Å². The van der Waals surface area contributed by atoms with Gasteiger partial charge in [0.25, 0.3) is 0 Å². The lowest BCUT2D eigenvalue weighted by Gasteiger charge is -2.08. The molecular formula is C12H16ClN3O. The van der Waals surface area contributed by atoms with Crippen molar-refractivity contribution in [3.8, 4) is 0 Å². The molecule has 2 rings (SSSR count). The van der Waals surface area contributed by atoms with E-state index in [0.29, 0.717) is 17.4 Å². The van der Waals surface area contributed by atoms with Crippen LogP contribution in [0.3, 0.4) is 0 Å². The van der Waals surface area contributed by atoms with Crippen LogP contribution in [0.4, 0.5) is 5.69 Å². The third kappa shape index (κ3) is 3.98. The maximum atomic E-state index is 11.6. The molecule has 0 bridgehead atoms. The van der Waals surface area contributed by atoms with Crippen LogP contribution in [0.25, 0.3) is 0 Å². The molecule has 17 heavy (non-hydrogen) atoms. The maximum absolute atomic E-state index is 11.6. The van der Waals surface area contributed by atoms with Gasteiger partial charge in [0.15, 0.2) is 5.15 Å². The Hall–Kier alpha value is -1.13. The van der Waals surface area contributed by atoms with E-state index >= 15 is 0 Å². The standard InChI is InChI=1S/C12H16ClN3O/c1-8-4-10(12(13)15-5-8)16-11(17)7-14-6-9-2-3-9/h4-5,9,14H,2-3,6-7H2,1H3,(H,16,17). The van der Waals surface area contributed by atoms with Gasteiger partial charge in [-0.25, -0.2) is 4.98 Å². The zero-order chi connectivity index (χ0) is 12.3. The van der Waals surface area contributed by atoms with Crippen LogP contribution in [0.1, 0.15) is 18.4 Å². The minimum atomic E-state index is -0.0834. The number of aromatic nitrogens is 1. The average molecular weight is 254 g/mol. The number of hydrogen-bond donors (Lipinski definition) is 2. The fourth-order valence-electron chi connectivity index (χ4n) is 1.55. The van der Waals surface area contributed by atoms with Gasteiger partial charge in [-0.2, -0.15) is 0 Å². The maximum Gasteiger partial charge on any atom is 0.238 e. The normalized spacial score (nSPS) is 14.7. The fourth-order valence-corrected chi connectivity index (χ4v) is 1.70. The van der Waals surface area contributed by atoms with Gasteiger partial charge in [-0.1, -0.05) is 11.6 Å². The Bertz CT molecular complexity index is 418. The van der Waals surface area contributed by atoms with Gasteiger partial charge in [0.05, 0.1) is 12.2 Å². The molecular weight excluding hydrogens is 238 g/mol. The summed E-state index contributed by atoms with van der Waals surface area (Å²) in [6.45, 7) is 3.15. The highest BCUT2D eigenvalue weighted by Gasteiger charge is 2.20. The lowest BCUT2D eigenvalue weighted by atomic mass is 10.3. The summed E-state index contributed by atoms with van der Waals surface area (Å²) in [5.41, 5.74) is 1.54. The van der Waals surface area contributed by atoms with Crippen molar-refractivity contribution in [1.29, 1.82) is 0 Å². The van der Waals surface area contributed by atoms with Crippen LogP contribution >= 0.6 is 11.6 Å². The molecule has 0 aromatic carbocycles. The van der Waals surface area contributed by atoms with Gasteiger partial charge >= 0.3 is 0 Å². The second-order valence-corrected chi connectivity index (χ2v) is 4.83. The van der Waals surface area contributed by atoms with Gasteiger partial charge in [-0.05, 0) is 43.9 Å². The molecule has 4 nitrogen and oxygen atoms in total. The van der Waals surface area contributed by atoms with E-state index in [1.54, 1.807) is 6.20 Å². The van der Waals surface area contributed by atoms with Crippen molar-refractivity contribution in [3.05, 3.63) is 23.0 Å². The highest BCUT2D eigenvalue weighted by molar-refractivity contribution is 6.32. The third-order valence-electron chi connectivity index (χ3n) is 2.67. The summed E-state index contributed by atoms with van der Waals surface area (Å²) in [7, 11) is 0. The van der Waals surface area contributed by atoms with Crippen LogP contribution in [-0.2, 0) is 4.79 Å². The van der Waals surface area contributed by atoms with Gasteiger partial charge in [0.2, 0.25) is 5.91 Å². The first-order chi connectivity index (χ1) is 8.15. The van der Waals surface area contributed by atoms with Gasteiger partial charge in [0.1, 0.15) is 0 Å². The predicted molar refractivity (Wildman–Crippen MR) is 68.2 cm³/mol. The van der Waals surface area contributed by atoms with E-state index in [0.717, 1.165) is 18.0 Å². The first-order valence-corrected chi connectivity index (χ1v) is 6.15. The molecule has 92 valence electrons. The number of pyridine rings is 1. The zero-order valence-electron chi connectivity index (χ0n) is 9.79. The van der Waals surface area contributed by atoms with E-state index < -0.39 is 0 Å². The van der Waals surface area contributed by atoms with Crippen molar-refractivity contribution in [3.63, 3.8) is 0 Å². The van der Waals surface area contributed by atoms with Crippen LogP contribution in [0, 0.1) is 12.8 Å². The second-order valence-electron chi connectivity index (χ2n) is 4.47. The summed E-state index contributed by atoms with van der Waals surface area (Å²) < 4.78 is 0. The summed E-state index contributed by atoms with van der Waals surface area (Å²) >= 11 is 5.89. The number of anilines is 1. The Balaban J connectivity index is 1.81. The Morgan fingerprint density at radius 1 is 1.59 bits per heavy atom. The van der Waals surface area contributed by atoms with Gasteiger partial charge in [-0.15, -0.1) is 0 Å². The Morgan fingerprint density at radius 3 is 3.06 bits per heavy atom. The second kappa shape index (κ2) is 5.47. The summed E-state index contributed by atoms with van der Waals surface area (Å²) in [6, 6.07) is 1.81. The van der Waals surface area contributed by atoms with Gasteiger partial charge < -0.3 is 10.6 Å². The number of halogens is 1. The van der Waals surface area contributed by atoms with E-state index in [4.69, 9.17) is 11.6 Å². The Kier molecular flexibility index (Phi) is 3.97. The lowest BCUT2D eigenvalue weighted by Crippen LogP contribution is -2.29. The van der Waals surface area contributed by atoms with Crippen LogP contribution in [0.2, 0.25) is 5.15 Å². The molecule has 1 aliphatic rings. The van der Waals surface area contributed by atoms with Crippen LogP contribution in [-0.4, -0.2) is 24.0 Å². The molecule has 1 aromatic heterocycles. The molecule has 0 radical (unpaired) electrons. The van der Waals surface area contributed by atoms with E-state index in [1.165, 1.54) is 12.8 Å². The quantitative estimate of drug-likeness (QED) is 0.789. The molecule has 0 atom stereocenters. The molecule has 1 aliphatic carbocycles. The third-order valence-corrected chi connectivity index (χ3v) is 2.97. The number of nitrogens with one attached hydrogen (secondary N) is 2. The van der Waals surface area contributed by atoms with Crippen molar-refractivity contribution in [2.45, 2.75) is 19.8 Å². The molecule has 0 spiro atoms. The van der Waals surface area contributed by atoms with E-state index in [1.807, 2.05) is 13.0 Å². The molecule has 0 aliphatic heterocycles. The van der Waals surface area contributed by atoms with Crippen molar-refractivity contribution in [1.82, 2.24) is 10.3 Å². The minimum absolute atomic E-state index is 0.0834. The molecule has 0 unspecified atom stereocenters. The SMILES string of the molecule is Cc1cnc(Cl)c(NC(=O)CNCC2CC2)c1. The number of hydrogen-bond acceptors (Lipinski definition) is 3. The summed E-state index contributed by atoms with van der Waals surface area (Å²) in [5, 5.41) is 6.20. The highest BCUT2D eigenvalue weighted by atomic mass is 35.5. The number of carbonyl (C=O) groups is 1. The first kappa shape index (κ1) is 12.3. The number of aryl methyl sites for hydroxylation is 1. The van der Waals surface area contributed by atoms with Crippen molar-refractivity contribution < 1.29 is 4.79 Å². The van der Waals surface area contributed by atoms with Gasteiger partial charge in [-0.3, -0.25) is 4.79 Å². The predicted octanol–water partition coefficient (Wildman–Crippen LogP) is 1.98. The number of amides is 1. The van der Waals surface area contributed by atoms with Gasteiger partial charge in [0, 0.05) is 6.20 Å². The van der Waals surface area contributed by atoms with Crippen LogP contribution in [0.5, 0.6) is 0 Å². The number of carbonyl (C=O) groups excluding carboxylic acids is 1. The summed E-state index contributed by atoms with van der Waals surface area (Å²) in [6.07, 6.45) is 4.23. The zero-order valence-corrected chi connectivity index (χ0v) is 10.5. The monoisotopic (exact) mass is 253 g/mol. The molecule has 1 aromatic rings. The number of nitrogens with zero attached hydrogens (tertiary/aromatic N) is 1. The molecule has 2 N–H and O–H groups in total. The number of rotatable bonds is 5. The van der Waals surface area contributed by atoms with E-state index in [-0.39, 0.29) is 5.91 Å². The van der Waals surface area contributed by atoms with Crippen molar-refractivity contribution in [2.24, 2.45) is 5.92 Å². The Morgan fingerprint density at radius 2 is 2.35 bits per heavy atom. The summed E-state index contributed by atoms with van der Waals surface area (Å²) in [5.74, 6) is 0.687. The molecule has 0 saturated heterocycles. The Labute approximate surface area is 106 Å². The lowest BCUT2D eigenvalue weighted by molar-refractivity contribution is -0.115. The fraction of sp³-hybridized carbons (Fsp3) is 0.500. The smallest absolute Gasteiger partial charge is 0.238 e. The topological polar surface area (TPSA) is 54.0 Å². The molecule has 5 heteroatoms. The minimum Gasteiger partial charge on any atom is -0.322 e. The highest BCUT2D eigenvalue weighted by Crippen LogP contribution is 2.27.